The minimum atomic E-state index is -0.117. The fourth-order valence-electron chi connectivity index (χ4n) is 3.30. The Balaban J connectivity index is 1.77. The van der Waals surface area contributed by atoms with Crippen molar-refractivity contribution in [1.29, 1.82) is 0 Å². The second-order valence-corrected chi connectivity index (χ2v) is 7.72. The number of carbonyl (C=O) groups excluding carboxylic acids is 1. The van der Waals surface area contributed by atoms with Crippen molar-refractivity contribution >= 4 is 29.1 Å². The normalized spacial score (nSPS) is 12.8. The molecule has 150 valence electrons. The van der Waals surface area contributed by atoms with Crippen molar-refractivity contribution in [2.75, 3.05) is 7.11 Å². The van der Waals surface area contributed by atoms with Crippen molar-refractivity contribution in [3.8, 4) is 5.75 Å². The van der Waals surface area contributed by atoms with E-state index in [0.717, 1.165) is 22.4 Å². The Morgan fingerprint density at radius 2 is 1.55 bits per heavy atom. The molecular formula is C24H23Cl2NO2. The molecule has 0 aliphatic carbocycles. The minimum Gasteiger partial charge on any atom is -0.497 e. The van der Waals surface area contributed by atoms with Gasteiger partial charge in [-0.15, -0.1) is 0 Å². The summed E-state index contributed by atoms with van der Waals surface area (Å²) in [6, 6.07) is 23.0. The van der Waals surface area contributed by atoms with Gasteiger partial charge in [-0.1, -0.05) is 71.7 Å². The fraction of sp³-hybridized carbons (Fsp3) is 0.208. The Labute approximate surface area is 181 Å². The number of amides is 1. The maximum absolute atomic E-state index is 12.9. The van der Waals surface area contributed by atoms with Crippen LogP contribution in [0.1, 0.15) is 42.0 Å². The summed E-state index contributed by atoms with van der Waals surface area (Å²) in [6.45, 7) is 1.97. The van der Waals surface area contributed by atoms with Crippen LogP contribution in [-0.4, -0.2) is 13.0 Å². The number of methoxy groups -OCH3 is 1. The number of carbonyl (C=O) groups is 1. The summed E-state index contributed by atoms with van der Waals surface area (Å²) in [5.74, 6) is 0.637. The van der Waals surface area contributed by atoms with E-state index >= 15 is 0 Å². The molecule has 0 saturated carbocycles. The van der Waals surface area contributed by atoms with E-state index in [-0.39, 0.29) is 17.9 Å². The van der Waals surface area contributed by atoms with E-state index < -0.39 is 0 Å². The maximum atomic E-state index is 12.9. The van der Waals surface area contributed by atoms with Gasteiger partial charge >= 0.3 is 0 Å². The average molecular weight is 428 g/mol. The zero-order valence-electron chi connectivity index (χ0n) is 16.4. The van der Waals surface area contributed by atoms with Gasteiger partial charge in [0.15, 0.2) is 0 Å². The van der Waals surface area contributed by atoms with Crippen LogP contribution in [0.2, 0.25) is 10.0 Å². The van der Waals surface area contributed by atoms with Gasteiger partial charge in [-0.05, 0) is 47.9 Å². The first-order chi connectivity index (χ1) is 14.0. The van der Waals surface area contributed by atoms with E-state index in [0.29, 0.717) is 16.5 Å². The van der Waals surface area contributed by atoms with Crippen molar-refractivity contribution in [1.82, 2.24) is 5.32 Å². The first-order valence-electron chi connectivity index (χ1n) is 9.41. The molecule has 3 aromatic rings. The van der Waals surface area contributed by atoms with E-state index in [1.807, 2.05) is 73.7 Å². The number of ether oxygens (including phenoxy) is 1. The lowest BCUT2D eigenvalue weighted by Gasteiger charge is -2.21. The summed E-state index contributed by atoms with van der Waals surface area (Å²) in [4.78, 5) is 12.9. The van der Waals surface area contributed by atoms with Crippen LogP contribution in [-0.2, 0) is 4.79 Å². The third kappa shape index (κ3) is 5.53. The van der Waals surface area contributed by atoms with Gasteiger partial charge in [-0.25, -0.2) is 0 Å². The van der Waals surface area contributed by atoms with Gasteiger partial charge in [0, 0.05) is 12.3 Å². The molecule has 0 aliphatic rings. The molecule has 0 heterocycles. The molecule has 3 rings (SSSR count). The van der Waals surface area contributed by atoms with Gasteiger partial charge in [-0.3, -0.25) is 4.79 Å². The number of benzene rings is 3. The SMILES string of the molecule is COc1ccc(C(C)NC(=O)CC(c2ccccc2)c2ccc(Cl)c(Cl)c2)cc1. The number of nitrogens with one attached hydrogen (secondary N) is 1. The quantitative estimate of drug-likeness (QED) is 0.473. The van der Waals surface area contributed by atoms with Gasteiger partial charge < -0.3 is 10.1 Å². The third-order valence-electron chi connectivity index (χ3n) is 4.93. The highest BCUT2D eigenvalue weighted by Gasteiger charge is 2.20. The summed E-state index contributed by atoms with van der Waals surface area (Å²) >= 11 is 12.3. The van der Waals surface area contributed by atoms with E-state index in [1.165, 1.54) is 0 Å². The highest BCUT2D eigenvalue weighted by molar-refractivity contribution is 6.42. The molecule has 0 saturated heterocycles. The molecule has 0 fully saturated rings. The highest BCUT2D eigenvalue weighted by Crippen LogP contribution is 2.32. The zero-order chi connectivity index (χ0) is 20.8. The Morgan fingerprint density at radius 3 is 2.17 bits per heavy atom. The molecule has 2 unspecified atom stereocenters. The van der Waals surface area contributed by atoms with Crippen molar-refractivity contribution in [2.45, 2.75) is 25.3 Å². The molecule has 3 nitrogen and oxygen atoms in total. The minimum absolute atomic E-state index is 0.0340. The number of hydrogen-bond acceptors (Lipinski definition) is 2. The standard InChI is InChI=1S/C24H23Cl2NO2/c1-16(17-8-11-20(29-2)12-9-17)27-24(28)15-21(18-6-4-3-5-7-18)19-10-13-22(25)23(26)14-19/h3-14,16,21H,15H2,1-2H3,(H,27,28). The molecule has 0 aromatic heterocycles. The predicted molar refractivity (Wildman–Crippen MR) is 119 cm³/mol. The molecule has 0 spiro atoms. The van der Waals surface area contributed by atoms with Crippen LogP contribution in [0.3, 0.4) is 0 Å². The lowest BCUT2D eigenvalue weighted by atomic mass is 9.88. The molecule has 1 N–H and O–H groups in total. The number of halogens is 2. The molecule has 1 amide bonds. The molecule has 0 radical (unpaired) electrons. The van der Waals surface area contributed by atoms with Crippen molar-refractivity contribution in [2.24, 2.45) is 0 Å². The topological polar surface area (TPSA) is 38.3 Å². The van der Waals surface area contributed by atoms with Crippen LogP contribution < -0.4 is 10.1 Å². The smallest absolute Gasteiger partial charge is 0.221 e. The van der Waals surface area contributed by atoms with Crippen molar-refractivity contribution in [3.05, 3.63) is 99.5 Å². The fourth-order valence-corrected chi connectivity index (χ4v) is 3.61. The lowest BCUT2D eigenvalue weighted by Crippen LogP contribution is -2.28. The second-order valence-electron chi connectivity index (χ2n) is 6.90. The number of rotatable bonds is 7. The summed E-state index contributed by atoms with van der Waals surface area (Å²) in [5, 5.41) is 4.07. The van der Waals surface area contributed by atoms with Gasteiger partial charge in [0.1, 0.15) is 5.75 Å². The largest absolute Gasteiger partial charge is 0.497 e. The molecule has 0 aliphatic heterocycles. The molecule has 29 heavy (non-hydrogen) atoms. The highest BCUT2D eigenvalue weighted by atomic mass is 35.5. The van der Waals surface area contributed by atoms with Gasteiger partial charge in [0.2, 0.25) is 5.91 Å². The van der Waals surface area contributed by atoms with Crippen LogP contribution in [0, 0.1) is 0 Å². The molecule has 2 atom stereocenters. The lowest BCUT2D eigenvalue weighted by molar-refractivity contribution is -0.121. The monoisotopic (exact) mass is 427 g/mol. The average Bonchev–Trinajstić information content (AvgIpc) is 2.74. The summed E-state index contributed by atoms with van der Waals surface area (Å²) in [6.07, 6.45) is 0.308. The van der Waals surface area contributed by atoms with Crippen LogP contribution in [0.25, 0.3) is 0 Å². The third-order valence-corrected chi connectivity index (χ3v) is 5.67. The molecule has 5 heteroatoms. The Kier molecular flexibility index (Phi) is 7.18. The maximum Gasteiger partial charge on any atom is 0.221 e. The van der Waals surface area contributed by atoms with Crippen LogP contribution in [0.5, 0.6) is 5.75 Å². The van der Waals surface area contributed by atoms with E-state index in [9.17, 15) is 4.79 Å². The summed E-state index contributed by atoms with van der Waals surface area (Å²) in [5.41, 5.74) is 3.03. The Bertz CT molecular complexity index is 958. The predicted octanol–water partition coefficient (Wildman–Crippen LogP) is 6.40. The Hall–Kier alpha value is -2.49. The van der Waals surface area contributed by atoms with Crippen molar-refractivity contribution in [3.63, 3.8) is 0 Å². The Morgan fingerprint density at radius 1 is 0.897 bits per heavy atom. The van der Waals surface area contributed by atoms with Crippen LogP contribution >= 0.6 is 23.2 Å². The van der Waals surface area contributed by atoms with Gasteiger partial charge in [-0.2, -0.15) is 0 Å². The summed E-state index contributed by atoms with van der Waals surface area (Å²) < 4.78 is 5.19. The zero-order valence-corrected chi connectivity index (χ0v) is 17.9. The first-order valence-corrected chi connectivity index (χ1v) is 10.2. The first kappa shape index (κ1) is 21.2. The molecule has 0 bridgehead atoms. The van der Waals surface area contributed by atoms with Gasteiger partial charge in [0.05, 0.1) is 23.2 Å². The molecule has 3 aromatic carbocycles. The van der Waals surface area contributed by atoms with E-state index in [4.69, 9.17) is 27.9 Å². The second kappa shape index (κ2) is 9.82. The van der Waals surface area contributed by atoms with E-state index in [1.54, 1.807) is 13.2 Å². The summed E-state index contributed by atoms with van der Waals surface area (Å²) in [7, 11) is 1.63. The van der Waals surface area contributed by atoms with Gasteiger partial charge in [0.25, 0.3) is 0 Å². The molecular weight excluding hydrogens is 405 g/mol. The number of hydrogen-bond donors (Lipinski definition) is 1. The van der Waals surface area contributed by atoms with Crippen LogP contribution in [0.4, 0.5) is 0 Å². The van der Waals surface area contributed by atoms with E-state index in [2.05, 4.69) is 5.32 Å². The van der Waals surface area contributed by atoms with Crippen LogP contribution in [0.15, 0.2) is 72.8 Å². The van der Waals surface area contributed by atoms with Crippen molar-refractivity contribution < 1.29 is 9.53 Å².